The summed E-state index contributed by atoms with van der Waals surface area (Å²) in [6.07, 6.45) is 1.78. The van der Waals surface area contributed by atoms with Crippen LogP contribution < -0.4 is 29.5 Å². The molecule has 2 aliphatic heterocycles. The van der Waals surface area contributed by atoms with Gasteiger partial charge in [-0.2, -0.15) is 0 Å². The van der Waals surface area contributed by atoms with Gasteiger partial charge in [-0.15, -0.1) is 11.3 Å². The number of aromatic amines is 1. The molecule has 7 heteroatoms. The predicted molar refractivity (Wildman–Crippen MR) is 86.2 cm³/mol. The average molecular weight is 330 g/mol. The van der Waals surface area contributed by atoms with Gasteiger partial charge in [-0.25, -0.2) is 0 Å². The monoisotopic (exact) mass is 330 g/mol. The molecule has 3 heterocycles. The molecule has 1 atom stereocenters. The highest BCUT2D eigenvalue weighted by molar-refractivity contribution is 7.07. The third-order valence-corrected chi connectivity index (χ3v) is 4.98. The summed E-state index contributed by atoms with van der Waals surface area (Å²) < 4.78 is 11.8. The number of hydrogen-bond acceptors (Lipinski definition) is 6. The fourth-order valence-electron chi connectivity index (χ4n) is 2.62. The van der Waals surface area contributed by atoms with Gasteiger partial charge in [-0.05, 0) is 30.7 Å². The Morgan fingerprint density at radius 2 is 2.09 bits per heavy atom. The highest BCUT2D eigenvalue weighted by Gasteiger charge is 2.26. The number of fused-ring (bicyclic) bond motifs is 1. The molecule has 6 nitrogen and oxygen atoms in total. The predicted octanol–water partition coefficient (Wildman–Crippen LogP) is -0.295. The molecule has 2 aromatic rings. The minimum absolute atomic E-state index is 0.0390. The molecule has 1 saturated heterocycles. The Balaban J connectivity index is 1.80. The molecule has 2 aliphatic rings. The summed E-state index contributed by atoms with van der Waals surface area (Å²) in [5.41, 5.74) is 1.30. The van der Waals surface area contributed by atoms with Crippen molar-refractivity contribution in [1.29, 1.82) is 0 Å². The largest absolute Gasteiger partial charge is 0.454 e. The van der Waals surface area contributed by atoms with Crippen LogP contribution >= 0.6 is 11.3 Å². The lowest BCUT2D eigenvalue weighted by atomic mass is 10.2. The van der Waals surface area contributed by atoms with Crippen LogP contribution in [0, 0.1) is 0 Å². The van der Waals surface area contributed by atoms with Crippen molar-refractivity contribution in [2.75, 3.05) is 13.3 Å². The third-order valence-electron chi connectivity index (χ3n) is 3.91. The maximum absolute atomic E-state index is 12.1. The normalized spacial score (nSPS) is 22.9. The van der Waals surface area contributed by atoms with Crippen molar-refractivity contribution in [3.8, 4) is 11.5 Å². The minimum Gasteiger partial charge on any atom is -0.454 e. The van der Waals surface area contributed by atoms with Gasteiger partial charge in [0.15, 0.2) is 17.3 Å². The number of aromatic nitrogens is 1. The molecule has 118 valence electrons. The number of nitrogens with one attached hydrogen (secondary N) is 2. The van der Waals surface area contributed by atoms with Crippen LogP contribution in [0.1, 0.15) is 12.5 Å². The zero-order valence-corrected chi connectivity index (χ0v) is 13.2. The van der Waals surface area contributed by atoms with Gasteiger partial charge >= 0.3 is 0 Å². The number of thiazole rings is 1. The molecule has 0 bridgehead atoms. The van der Waals surface area contributed by atoms with Crippen LogP contribution in [0.2, 0.25) is 0 Å². The van der Waals surface area contributed by atoms with Crippen LogP contribution in [-0.4, -0.2) is 30.1 Å². The highest BCUT2D eigenvalue weighted by atomic mass is 32.1. The molecular formula is C16H14N2O4S. The van der Waals surface area contributed by atoms with Crippen LogP contribution in [0.3, 0.4) is 0 Å². The topological polar surface area (TPSA) is 80.4 Å². The van der Waals surface area contributed by atoms with E-state index in [0.717, 1.165) is 5.56 Å². The molecule has 4 rings (SSSR count). The van der Waals surface area contributed by atoms with E-state index in [1.54, 1.807) is 6.08 Å². The third kappa shape index (κ3) is 2.47. The first-order chi connectivity index (χ1) is 11.1. The van der Waals surface area contributed by atoms with Crippen LogP contribution in [-0.2, 0) is 4.79 Å². The van der Waals surface area contributed by atoms with Crippen molar-refractivity contribution in [2.24, 2.45) is 0 Å². The summed E-state index contributed by atoms with van der Waals surface area (Å²) in [6, 6.07) is 5.32. The molecule has 1 fully saturated rings. The Hall–Kier alpha value is -2.38. The van der Waals surface area contributed by atoms with Crippen molar-refractivity contribution in [3.05, 3.63) is 43.3 Å². The van der Waals surface area contributed by atoms with Gasteiger partial charge in [0.2, 0.25) is 6.79 Å². The second kappa shape index (κ2) is 5.36. The Bertz CT molecular complexity index is 973. The van der Waals surface area contributed by atoms with Crippen LogP contribution in [0.5, 0.6) is 11.5 Å². The number of rotatable bonds is 1. The Kier molecular flexibility index (Phi) is 3.32. The molecule has 2 N–H and O–H groups in total. The van der Waals surface area contributed by atoms with Crippen LogP contribution in [0.15, 0.2) is 23.0 Å². The summed E-state index contributed by atoms with van der Waals surface area (Å²) in [6.45, 7) is 2.52. The van der Waals surface area contributed by atoms with E-state index in [9.17, 15) is 9.59 Å². The van der Waals surface area contributed by atoms with E-state index in [2.05, 4.69) is 10.3 Å². The molecule has 0 radical (unpaired) electrons. The van der Waals surface area contributed by atoms with Crippen molar-refractivity contribution in [2.45, 2.75) is 13.0 Å². The maximum atomic E-state index is 12.1. The molecule has 1 aromatic carbocycles. The van der Waals surface area contributed by atoms with Crippen molar-refractivity contribution < 1.29 is 14.3 Å². The second-order valence-electron chi connectivity index (χ2n) is 5.45. The molecule has 0 amide bonds. The van der Waals surface area contributed by atoms with E-state index in [4.69, 9.17) is 9.47 Å². The molecular weight excluding hydrogens is 316 g/mol. The zero-order chi connectivity index (χ0) is 16.0. The lowest BCUT2D eigenvalue weighted by Gasteiger charge is -1.96. The first kappa shape index (κ1) is 14.2. The highest BCUT2D eigenvalue weighted by Crippen LogP contribution is 2.32. The maximum Gasteiger partial charge on any atom is 0.266 e. The van der Waals surface area contributed by atoms with Crippen molar-refractivity contribution in [3.63, 3.8) is 0 Å². The molecule has 0 aliphatic carbocycles. The van der Waals surface area contributed by atoms with Crippen molar-refractivity contribution >= 4 is 28.8 Å². The van der Waals surface area contributed by atoms with Crippen molar-refractivity contribution in [1.82, 2.24) is 10.3 Å². The fourth-order valence-corrected chi connectivity index (χ4v) is 3.62. The van der Waals surface area contributed by atoms with Gasteiger partial charge in [-0.1, -0.05) is 6.07 Å². The van der Waals surface area contributed by atoms with E-state index in [0.29, 0.717) is 32.8 Å². The van der Waals surface area contributed by atoms with Gasteiger partial charge < -0.3 is 19.8 Å². The standard InChI is InChI=1S/C16H14N2O4S/c1-8-14(19)10(6-17-8)16-18-15(20)13(23-16)5-9-2-3-11-12(4-9)22-7-21-11/h2-5,8,17H,6-7H2,1H3,(H,18,20)/b13-5-,16-10+. The zero-order valence-electron chi connectivity index (χ0n) is 12.3. The number of ether oxygens (including phenoxy) is 2. The SMILES string of the molecule is CC1NC/C(=c2/[nH]c(=O)/c(=C/c3ccc4c(c3)OCO4)s2)C1=O. The lowest BCUT2D eigenvalue weighted by Crippen LogP contribution is -2.22. The van der Waals surface area contributed by atoms with Gasteiger partial charge in [0.1, 0.15) is 4.66 Å². The number of carbonyl (C=O) groups is 1. The average Bonchev–Trinajstić information content (AvgIpc) is 3.21. The summed E-state index contributed by atoms with van der Waals surface area (Å²) in [7, 11) is 0. The number of benzene rings is 1. The Morgan fingerprint density at radius 1 is 1.26 bits per heavy atom. The molecule has 0 spiro atoms. The number of carbonyl (C=O) groups excluding carboxylic acids is 1. The van der Waals surface area contributed by atoms with E-state index in [1.165, 1.54) is 11.3 Å². The summed E-state index contributed by atoms with van der Waals surface area (Å²) in [4.78, 5) is 27.0. The first-order valence-corrected chi connectivity index (χ1v) is 8.05. The van der Waals surface area contributed by atoms with Gasteiger partial charge in [0.25, 0.3) is 5.56 Å². The number of H-pyrrole nitrogens is 1. The van der Waals surface area contributed by atoms with Crippen LogP contribution in [0.4, 0.5) is 0 Å². The summed E-state index contributed by atoms with van der Waals surface area (Å²) >= 11 is 1.30. The Labute approximate surface area is 135 Å². The number of Topliss-reactive ketones (excluding diaryl/α,β-unsaturated/α-hetero) is 1. The summed E-state index contributed by atoms with van der Waals surface area (Å²) in [5, 5.41) is 3.08. The fraction of sp³-hybridized carbons (Fsp3) is 0.250. The molecule has 1 aromatic heterocycles. The number of hydrogen-bond donors (Lipinski definition) is 2. The molecule has 1 unspecified atom stereocenters. The van der Waals surface area contributed by atoms with E-state index >= 15 is 0 Å². The van der Waals surface area contributed by atoms with E-state index in [-0.39, 0.29) is 24.2 Å². The molecule has 23 heavy (non-hydrogen) atoms. The lowest BCUT2D eigenvalue weighted by molar-refractivity contribution is -0.114. The smallest absolute Gasteiger partial charge is 0.266 e. The van der Waals surface area contributed by atoms with E-state index in [1.807, 2.05) is 25.1 Å². The second-order valence-corrected chi connectivity index (χ2v) is 6.50. The van der Waals surface area contributed by atoms with E-state index < -0.39 is 0 Å². The molecule has 0 saturated carbocycles. The minimum atomic E-state index is -0.197. The van der Waals surface area contributed by atoms with Gasteiger partial charge in [0.05, 0.1) is 10.6 Å². The summed E-state index contributed by atoms with van der Waals surface area (Å²) in [5.74, 6) is 1.41. The number of ketones is 1. The Morgan fingerprint density at radius 3 is 2.87 bits per heavy atom. The van der Waals surface area contributed by atoms with Gasteiger partial charge in [0, 0.05) is 12.1 Å². The quantitative estimate of drug-likeness (QED) is 0.751. The van der Waals surface area contributed by atoms with Gasteiger partial charge in [-0.3, -0.25) is 9.59 Å². The first-order valence-electron chi connectivity index (χ1n) is 7.23. The van der Waals surface area contributed by atoms with Crippen LogP contribution in [0.25, 0.3) is 11.6 Å².